The van der Waals surface area contributed by atoms with Crippen molar-refractivity contribution in [3.63, 3.8) is 0 Å². The van der Waals surface area contributed by atoms with Gasteiger partial charge in [0.15, 0.2) is 0 Å². The van der Waals surface area contributed by atoms with Crippen LogP contribution in [-0.4, -0.2) is 37.6 Å². The van der Waals surface area contributed by atoms with Crippen molar-refractivity contribution in [3.05, 3.63) is 0 Å². The summed E-state index contributed by atoms with van der Waals surface area (Å²) in [5, 5.41) is 8.42. The third-order valence-corrected chi connectivity index (χ3v) is 5.05. The summed E-state index contributed by atoms with van der Waals surface area (Å²) in [6.45, 7) is 7.10. The molecule has 0 aromatic rings. The molecule has 0 unspecified atom stereocenters. The molecule has 0 aromatic heterocycles. The second kappa shape index (κ2) is 4.73. The van der Waals surface area contributed by atoms with E-state index in [0.717, 1.165) is 0 Å². The second-order valence-corrected chi connectivity index (χ2v) is 7.42. The van der Waals surface area contributed by atoms with Crippen molar-refractivity contribution in [2.24, 2.45) is 0 Å². The first-order valence-electron chi connectivity index (χ1n) is 5.02. The normalized spacial score (nSPS) is 15.4. The standard InChI is InChI=1S/C9H21N2O3P/c1-8(2)11(9(3)4)15(12,13,14)7-5-6-10/h8-9,12-14H,5,7H2,1-4H3. The van der Waals surface area contributed by atoms with Gasteiger partial charge in [-0.15, -0.1) is 0 Å². The molecule has 0 amide bonds. The molecule has 0 atom stereocenters. The van der Waals surface area contributed by atoms with Crippen molar-refractivity contribution in [2.45, 2.75) is 46.2 Å². The Hall–Kier alpha value is -0.240. The van der Waals surface area contributed by atoms with Gasteiger partial charge in [-0.1, -0.05) is 0 Å². The fourth-order valence-corrected chi connectivity index (χ4v) is 4.53. The van der Waals surface area contributed by atoms with Crippen LogP contribution in [0, 0.1) is 11.3 Å². The summed E-state index contributed by atoms with van der Waals surface area (Å²) in [5.74, 6) is 0. The second-order valence-electron chi connectivity index (χ2n) is 4.30. The first kappa shape index (κ1) is 14.8. The maximum absolute atomic E-state index is 9.93. The van der Waals surface area contributed by atoms with Gasteiger partial charge in [0, 0.05) is 0 Å². The van der Waals surface area contributed by atoms with E-state index in [1.165, 1.54) is 4.67 Å². The molecule has 0 aliphatic carbocycles. The summed E-state index contributed by atoms with van der Waals surface area (Å²) >= 11 is 0. The molecule has 0 fully saturated rings. The predicted molar refractivity (Wildman–Crippen MR) is 60.8 cm³/mol. The van der Waals surface area contributed by atoms with Gasteiger partial charge in [0.2, 0.25) is 0 Å². The molecule has 0 aliphatic rings. The molecular weight excluding hydrogens is 215 g/mol. The van der Waals surface area contributed by atoms with E-state index >= 15 is 0 Å². The first-order chi connectivity index (χ1) is 6.60. The molecule has 0 aliphatic heterocycles. The Morgan fingerprint density at radius 3 is 1.80 bits per heavy atom. The summed E-state index contributed by atoms with van der Waals surface area (Å²) in [7, 11) is -4.84. The van der Waals surface area contributed by atoms with E-state index in [1.807, 2.05) is 6.07 Å². The summed E-state index contributed by atoms with van der Waals surface area (Å²) in [5.41, 5.74) is 0. The molecule has 0 aromatic carbocycles. The van der Waals surface area contributed by atoms with Crippen molar-refractivity contribution >= 4 is 7.43 Å². The van der Waals surface area contributed by atoms with Gasteiger partial charge in [-0.2, -0.15) is 0 Å². The molecule has 3 N–H and O–H groups in total. The van der Waals surface area contributed by atoms with Gasteiger partial charge in [-0.3, -0.25) is 0 Å². The third kappa shape index (κ3) is 4.02. The van der Waals surface area contributed by atoms with Crippen LogP contribution in [0.3, 0.4) is 0 Å². The van der Waals surface area contributed by atoms with Crippen molar-refractivity contribution in [3.8, 4) is 6.07 Å². The first-order valence-corrected chi connectivity index (χ1v) is 7.25. The fraction of sp³-hybridized carbons (Fsp3) is 0.889. The van der Waals surface area contributed by atoms with Crippen molar-refractivity contribution in [2.75, 3.05) is 6.16 Å². The maximum atomic E-state index is 9.93. The molecule has 0 bridgehead atoms. The quantitative estimate of drug-likeness (QED) is 0.624. The Balaban J connectivity index is 5.00. The summed E-state index contributed by atoms with van der Waals surface area (Å²) in [4.78, 5) is 29.8. The van der Waals surface area contributed by atoms with Crippen molar-refractivity contribution in [1.29, 1.82) is 5.26 Å². The van der Waals surface area contributed by atoms with Crippen LogP contribution in [0.15, 0.2) is 0 Å². The van der Waals surface area contributed by atoms with E-state index < -0.39 is 7.43 Å². The monoisotopic (exact) mass is 236 g/mol. The van der Waals surface area contributed by atoms with Gasteiger partial charge < -0.3 is 0 Å². The molecule has 0 saturated carbocycles. The van der Waals surface area contributed by atoms with Gasteiger partial charge in [0.05, 0.1) is 0 Å². The van der Waals surface area contributed by atoms with E-state index in [0.29, 0.717) is 0 Å². The number of hydrogen-bond donors (Lipinski definition) is 3. The van der Waals surface area contributed by atoms with Crippen LogP contribution in [0.1, 0.15) is 34.1 Å². The van der Waals surface area contributed by atoms with Crippen LogP contribution in [0.2, 0.25) is 0 Å². The minimum absolute atomic E-state index is 0.0722. The SMILES string of the molecule is CC(C)N(C(C)C)P(O)(O)(O)CCC#N. The molecule has 0 saturated heterocycles. The predicted octanol–water partition coefficient (Wildman–Crippen LogP) is 1.21. The number of nitriles is 1. The van der Waals surface area contributed by atoms with Crippen LogP contribution in [-0.2, 0) is 0 Å². The van der Waals surface area contributed by atoms with Crippen LogP contribution >= 0.6 is 7.43 Å². The van der Waals surface area contributed by atoms with Crippen molar-refractivity contribution in [1.82, 2.24) is 4.67 Å². The van der Waals surface area contributed by atoms with Crippen molar-refractivity contribution < 1.29 is 14.7 Å². The third-order valence-electron chi connectivity index (χ3n) is 2.15. The Morgan fingerprint density at radius 2 is 1.53 bits per heavy atom. The molecule has 6 heteroatoms. The van der Waals surface area contributed by atoms with E-state index in [-0.39, 0.29) is 24.7 Å². The molecular formula is C9H21N2O3P. The zero-order chi connectivity index (χ0) is 12.3. The summed E-state index contributed by atoms with van der Waals surface area (Å²) in [6.07, 6.45) is -0.365. The zero-order valence-corrected chi connectivity index (χ0v) is 10.6. The molecule has 0 heterocycles. The molecule has 5 nitrogen and oxygen atoms in total. The number of hydrogen-bond acceptors (Lipinski definition) is 5. The van der Waals surface area contributed by atoms with E-state index in [4.69, 9.17) is 5.26 Å². The van der Waals surface area contributed by atoms with Gasteiger partial charge in [0.25, 0.3) is 0 Å². The number of nitrogens with zero attached hydrogens (tertiary/aromatic N) is 2. The van der Waals surface area contributed by atoms with Crippen LogP contribution in [0.25, 0.3) is 0 Å². The van der Waals surface area contributed by atoms with Crippen LogP contribution in [0.4, 0.5) is 0 Å². The zero-order valence-electron chi connectivity index (χ0n) is 9.75. The Labute approximate surface area is 91.2 Å². The Kier molecular flexibility index (Phi) is 4.66. The molecule has 0 radical (unpaired) electrons. The molecule has 0 spiro atoms. The average Bonchev–Trinajstić information content (AvgIpc) is 1.97. The van der Waals surface area contributed by atoms with Crippen LogP contribution < -0.4 is 0 Å². The fourth-order valence-electron chi connectivity index (χ4n) is 1.91. The molecule has 90 valence electrons. The minimum atomic E-state index is -4.84. The van der Waals surface area contributed by atoms with Gasteiger partial charge in [-0.25, -0.2) is 0 Å². The molecule has 0 rings (SSSR count). The van der Waals surface area contributed by atoms with Gasteiger partial charge in [0.1, 0.15) is 0 Å². The molecule has 15 heavy (non-hydrogen) atoms. The van der Waals surface area contributed by atoms with Crippen LogP contribution in [0.5, 0.6) is 0 Å². The average molecular weight is 236 g/mol. The Bertz CT molecular complexity index is 244. The van der Waals surface area contributed by atoms with E-state index in [9.17, 15) is 14.7 Å². The Morgan fingerprint density at radius 1 is 1.13 bits per heavy atom. The van der Waals surface area contributed by atoms with Gasteiger partial charge >= 0.3 is 90.5 Å². The van der Waals surface area contributed by atoms with E-state index in [1.54, 1.807) is 27.7 Å². The topological polar surface area (TPSA) is 87.7 Å². The summed E-state index contributed by atoms with van der Waals surface area (Å²) in [6, 6.07) is 1.42. The summed E-state index contributed by atoms with van der Waals surface area (Å²) < 4.78 is 1.29. The van der Waals surface area contributed by atoms with E-state index in [2.05, 4.69) is 0 Å². The number of rotatable bonds is 5. The van der Waals surface area contributed by atoms with Gasteiger partial charge in [-0.05, 0) is 0 Å².